The number of carbonyl (C=O) groups excluding carboxylic acids is 1. The number of rotatable bonds is 7. The van der Waals surface area contributed by atoms with Crippen LogP contribution in [-0.4, -0.2) is 31.6 Å². The van der Waals surface area contributed by atoms with Crippen molar-refractivity contribution in [3.05, 3.63) is 71.3 Å². The van der Waals surface area contributed by atoms with Crippen molar-refractivity contribution in [2.24, 2.45) is 0 Å². The highest BCUT2D eigenvalue weighted by Gasteiger charge is 2.10. The standard InChI is InChI=1S/C20H25NO2.ClH/c1-16(18-9-5-4-6-10-18)21(2)15-7-8-17-11-13-19(14-12-17)20(22)23-3;/h4-6,9-14,16H,7-8,15H2,1-3H3;1H/t16-;/m0./s1. The number of ether oxygens (including phenoxy) is 1. The molecule has 2 aromatic rings. The van der Waals surface area contributed by atoms with Gasteiger partial charge in [-0.2, -0.15) is 0 Å². The van der Waals surface area contributed by atoms with Crippen molar-refractivity contribution in [1.82, 2.24) is 4.90 Å². The van der Waals surface area contributed by atoms with Gasteiger partial charge in [-0.15, -0.1) is 12.4 Å². The number of methoxy groups -OCH3 is 1. The van der Waals surface area contributed by atoms with Crippen LogP contribution in [0.3, 0.4) is 0 Å². The Morgan fingerprint density at radius 2 is 1.71 bits per heavy atom. The highest BCUT2D eigenvalue weighted by atomic mass is 35.5. The molecule has 0 spiro atoms. The summed E-state index contributed by atoms with van der Waals surface area (Å²) in [7, 11) is 3.57. The van der Waals surface area contributed by atoms with E-state index in [0.29, 0.717) is 11.6 Å². The Bertz CT molecular complexity index is 613. The van der Waals surface area contributed by atoms with Gasteiger partial charge >= 0.3 is 5.97 Å². The molecule has 2 aromatic carbocycles. The Labute approximate surface area is 151 Å². The normalized spacial score (nSPS) is 11.7. The monoisotopic (exact) mass is 347 g/mol. The molecule has 0 N–H and O–H groups in total. The summed E-state index contributed by atoms with van der Waals surface area (Å²) >= 11 is 0. The maximum atomic E-state index is 11.4. The van der Waals surface area contributed by atoms with Gasteiger partial charge in [0.05, 0.1) is 12.7 Å². The average molecular weight is 348 g/mol. The van der Waals surface area contributed by atoms with Gasteiger partial charge < -0.3 is 4.74 Å². The van der Waals surface area contributed by atoms with Crippen LogP contribution in [0.2, 0.25) is 0 Å². The van der Waals surface area contributed by atoms with Gasteiger partial charge in [-0.1, -0.05) is 42.5 Å². The summed E-state index contributed by atoms with van der Waals surface area (Å²) < 4.78 is 4.71. The van der Waals surface area contributed by atoms with E-state index in [0.717, 1.165) is 19.4 Å². The molecule has 0 unspecified atom stereocenters. The lowest BCUT2D eigenvalue weighted by atomic mass is 10.1. The largest absolute Gasteiger partial charge is 0.465 e. The molecule has 0 bridgehead atoms. The molecular weight excluding hydrogens is 322 g/mol. The topological polar surface area (TPSA) is 29.5 Å². The highest BCUT2D eigenvalue weighted by Crippen LogP contribution is 2.18. The van der Waals surface area contributed by atoms with E-state index < -0.39 is 0 Å². The van der Waals surface area contributed by atoms with Crippen LogP contribution in [-0.2, 0) is 11.2 Å². The molecule has 0 amide bonds. The number of benzene rings is 2. The SMILES string of the molecule is COC(=O)c1ccc(CCCN(C)[C@@H](C)c2ccccc2)cc1.Cl. The first-order valence-electron chi connectivity index (χ1n) is 8.04. The van der Waals surface area contributed by atoms with Crippen molar-refractivity contribution in [2.45, 2.75) is 25.8 Å². The minimum atomic E-state index is -0.284. The van der Waals surface area contributed by atoms with Crippen molar-refractivity contribution < 1.29 is 9.53 Å². The smallest absolute Gasteiger partial charge is 0.337 e. The number of aryl methyl sites for hydroxylation is 1. The van der Waals surface area contributed by atoms with Crippen LogP contribution in [0.4, 0.5) is 0 Å². The molecule has 1 atom stereocenters. The summed E-state index contributed by atoms with van der Waals surface area (Å²) in [5.74, 6) is -0.284. The summed E-state index contributed by atoms with van der Waals surface area (Å²) in [6.07, 6.45) is 2.10. The molecule has 0 aromatic heterocycles. The van der Waals surface area contributed by atoms with Gasteiger partial charge in [0.1, 0.15) is 0 Å². The second kappa shape index (κ2) is 10.1. The second-order valence-corrected chi connectivity index (χ2v) is 5.86. The van der Waals surface area contributed by atoms with E-state index in [1.807, 2.05) is 30.3 Å². The first-order valence-corrected chi connectivity index (χ1v) is 8.04. The molecule has 130 valence electrons. The number of esters is 1. The molecule has 0 radical (unpaired) electrons. The zero-order valence-electron chi connectivity index (χ0n) is 14.6. The number of hydrogen-bond acceptors (Lipinski definition) is 3. The van der Waals surface area contributed by atoms with Crippen LogP contribution < -0.4 is 0 Å². The van der Waals surface area contributed by atoms with E-state index in [9.17, 15) is 4.79 Å². The lowest BCUT2D eigenvalue weighted by Gasteiger charge is -2.25. The van der Waals surface area contributed by atoms with Crippen LogP contribution in [0.25, 0.3) is 0 Å². The summed E-state index contributed by atoms with van der Waals surface area (Å²) in [4.78, 5) is 13.8. The van der Waals surface area contributed by atoms with E-state index in [1.165, 1.54) is 18.2 Å². The van der Waals surface area contributed by atoms with E-state index in [1.54, 1.807) is 0 Å². The molecule has 0 saturated carbocycles. The van der Waals surface area contributed by atoms with Crippen molar-refractivity contribution in [3.63, 3.8) is 0 Å². The van der Waals surface area contributed by atoms with Gasteiger partial charge in [0.2, 0.25) is 0 Å². The zero-order valence-corrected chi connectivity index (χ0v) is 15.4. The first-order chi connectivity index (χ1) is 11.1. The van der Waals surface area contributed by atoms with Gasteiger partial charge in [-0.25, -0.2) is 4.79 Å². The molecule has 0 aliphatic heterocycles. The summed E-state index contributed by atoms with van der Waals surface area (Å²) in [6.45, 7) is 3.27. The van der Waals surface area contributed by atoms with Crippen LogP contribution >= 0.6 is 12.4 Å². The van der Waals surface area contributed by atoms with Crippen LogP contribution in [0.1, 0.15) is 40.9 Å². The van der Waals surface area contributed by atoms with Crippen molar-refractivity contribution in [1.29, 1.82) is 0 Å². The van der Waals surface area contributed by atoms with Crippen LogP contribution in [0, 0.1) is 0 Å². The fourth-order valence-corrected chi connectivity index (χ4v) is 2.64. The Morgan fingerprint density at radius 1 is 1.08 bits per heavy atom. The van der Waals surface area contributed by atoms with Crippen LogP contribution in [0.15, 0.2) is 54.6 Å². The number of hydrogen-bond donors (Lipinski definition) is 0. The number of halogens is 1. The highest BCUT2D eigenvalue weighted by molar-refractivity contribution is 5.89. The summed E-state index contributed by atoms with van der Waals surface area (Å²) in [5.41, 5.74) is 3.20. The maximum absolute atomic E-state index is 11.4. The minimum absolute atomic E-state index is 0. The quantitative estimate of drug-likeness (QED) is 0.689. The Balaban J connectivity index is 0.00000288. The van der Waals surface area contributed by atoms with E-state index >= 15 is 0 Å². The van der Waals surface area contributed by atoms with Crippen molar-refractivity contribution >= 4 is 18.4 Å². The van der Waals surface area contributed by atoms with Crippen molar-refractivity contribution in [3.8, 4) is 0 Å². The summed E-state index contributed by atoms with van der Waals surface area (Å²) in [5, 5.41) is 0. The molecule has 3 nitrogen and oxygen atoms in total. The molecule has 0 aliphatic carbocycles. The molecule has 0 fully saturated rings. The van der Waals surface area contributed by atoms with Gasteiger partial charge in [0.25, 0.3) is 0 Å². The van der Waals surface area contributed by atoms with E-state index in [4.69, 9.17) is 4.74 Å². The third-order valence-electron chi connectivity index (χ3n) is 4.29. The lowest BCUT2D eigenvalue weighted by Crippen LogP contribution is -2.23. The second-order valence-electron chi connectivity index (χ2n) is 5.86. The Hall–Kier alpha value is -1.84. The molecular formula is C20H26ClNO2. The fraction of sp³-hybridized carbons (Fsp3) is 0.350. The van der Waals surface area contributed by atoms with E-state index in [-0.39, 0.29) is 18.4 Å². The van der Waals surface area contributed by atoms with Crippen molar-refractivity contribution in [2.75, 3.05) is 20.7 Å². The third kappa shape index (κ3) is 5.66. The van der Waals surface area contributed by atoms with Gasteiger partial charge in [0, 0.05) is 6.04 Å². The number of carbonyl (C=O) groups is 1. The lowest BCUT2D eigenvalue weighted by molar-refractivity contribution is 0.0600. The predicted molar refractivity (Wildman–Crippen MR) is 101 cm³/mol. The van der Waals surface area contributed by atoms with Gasteiger partial charge in [-0.3, -0.25) is 4.90 Å². The molecule has 0 saturated heterocycles. The molecule has 0 aliphatic rings. The zero-order chi connectivity index (χ0) is 16.7. The third-order valence-corrected chi connectivity index (χ3v) is 4.29. The van der Waals surface area contributed by atoms with Gasteiger partial charge in [-0.05, 0) is 56.6 Å². The molecule has 2 rings (SSSR count). The van der Waals surface area contributed by atoms with Gasteiger partial charge in [0.15, 0.2) is 0 Å². The van der Waals surface area contributed by atoms with E-state index in [2.05, 4.69) is 43.1 Å². The Kier molecular flexibility index (Phi) is 8.51. The summed E-state index contributed by atoms with van der Waals surface area (Å²) in [6, 6.07) is 18.7. The minimum Gasteiger partial charge on any atom is -0.465 e. The maximum Gasteiger partial charge on any atom is 0.337 e. The molecule has 4 heteroatoms. The molecule has 0 heterocycles. The average Bonchev–Trinajstić information content (AvgIpc) is 2.61. The molecule has 24 heavy (non-hydrogen) atoms. The predicted octanol–water partition coefficient (Wildman–Crippen LogP) is 4.52. The fourth-order valence-electron chi connectivity index (χ4n) is 2.64. The number of nitrogens with zero attached hydrogens (tertiary/aromatic N) is 1. The Morgan fingerprint density at radius 3 is 2.29 bits per heavy atom. The van der Waals surface area contributed by atoms with Crippen LogP contribution in [0.5, 0.6) is 0 Å². The first kappa shape index (κ1) is 20.2.